The molecule has 1 rings (SSSR count). The number of ether oxygens (including phenoxy) is 1. The van der Waals surface area contributed by atoms with Gasteiger partial charge in [-0.05, 0) is 19.1 Å². The highest BCUT2D eigenvalue weighted by Crippen LogP contribution is 2.28. The van der Waals surface area contributed by atoms with Crippen LogP contribution in [0.2, 0.25) is 0 Å². The molecule has 1 heterocycles. The number of amides is 1. The number of nitrogens with one attached hydrogen (secondary N) is 1. The van der Waals surface area contributed by atoms with Gasteiger partial charge in [0.2, 0.25) is 15.7 Å². The molecule has 10 heteroatoms. The van der Waals surface area contributed by atoms with Gasteiger partial charge in [0.15, 0.2) is 5.03 Å². The van der Waals surface area contributed by atoms with Crippen molar-refractivity contribution >= 4 is 15.7 Å². The topological polar surface area (TPSA) is 85.4 Å². The van der Waals surface area contributed by atoms with Crippen molar-refractivity contribution in [3.8, 4) is 0 Å². The van der Waals surface area contributed by atoms with Crippen LogP contribution in [0.3, 0.4) is 0 Å². The SMILES string of the molecule is COC[C@@H](C)NC(=O)CS(=O)(=O)c1ccc(C(F)(F)F)cn1. The van der Waals surface area contributed by atoms with Crippen LogP contribution in [0.5, 0.6) is 0 Å². The van der Waals surface area contributed by atoms with Gasteiger partial charge in [-0.25, -0.2) is 13.4 Å². The molecule has 1 N–H and O–H groups in total. The molecular formula is C12H15F3N2O4S. The Morgan fingerprint density at radius 3 is 2.50 bits per heavy atom. The molecule has 0 saturated heterocycles. The number of methoxy groups -OCH3 is 1. The zero-order valence-electron chi connectivity index (χ0n) is 11.8. The van der Waals surface area contributed by atoms with Crippen molar-refractivity contribution in [3.05, 3.63) is 23.9 Å². The van der Waals surface area contributed by atoms with Crippen molar-refractivity contribution in [2.45, 2.75) is 24.2 Å². The number of nitrogens with zero attached hydrogens (tertiary/aromatic N) is 1. The van der Waals surface area contributed by atoms with Crippen molar-refractivity contribution in [1.29, 1.82) is 0 Å². The van der Waals surface area contributed by atoms with Gasteiger partial charge in [0, 0.05) is 19.3 Å². The molecular weight excluding hydrogens is 325 g/mol. The standard InChI is InChI=1S/C12H15F3N2O4S/c1-8(6-21-2)17-10(18)7-22(19,20)11-4-3-9(5-16-11)12(13,14)15/h3-5,8H,6-7H2,1-2H3,(H,17,18)/t8-/m1/s1. The third-order valence-electron chi connectivity index (χ3n) is 2.53. The van der Waals surface area contributed by atoms with Crippen molar-refractivity contribution in [2.24, 2.45) is 0 Å². The summed E-state index contributed by atoms with van der Waals surface area (Å²) in [6, 6.07) is 0.934. The number of halogens is 3. The van der Waals surface area contributed by atoms with E-state index in [1.165, 1.54) is 7.11 Å². The summed E-state index contributed by atoms with van der Waals surface area (Å²) in [5.74, 6) is -1.69. The molecule has 0 bridgehead atoms. The fraction of sp³-hybridized carbons (Fsp3) is 0.500. The smallest absolute Gasteiger partial charge is 0.383 e. The Bertz CT molecular complexity index is 614. The maximum absolute atomic E-state index is 12.4. The number of rotatable bonds is 6. The highest BCUT2D eigenvalue weighted by atomic mass is 32.2. The van der Waals surface area contributed by atoms with Gasteiger partial charge in [-0.1, -0.05) is 0 Å². The van der Waals surface area contributed by atoms with Crippen molar-refractivity contribution < 1.29 is 31.1 Å². The Morgan fingerprint density at radius 1 is 1.41 bits per heavy atom. The number of carbonyl (C=O) groups excluding carboxylic acids is 1. The Balaban J connectivity index is 2.80. The molecule has 0 spiro atoms. The molecule has 1 aromatic heterocycles. The summed E-state index contributed by atoms with van der Waals surface area (Å²) in [7, 11) is -2.69. The average Bonchev–Trinajstić information content (AvgIpc) is 2.37. The maximum atomic E-state index is 12.4. The van der Waals surface area contributed by atoms with Crippen LogP contribution in [-0.4, -0.2) is 44.8 Å². The van der Waals surface area contributed by atoms with E-state index in [0.29, 0.717) is 12.3 Å². The normalized spacial score (nSPS) is 13.7. The fourth-order valence-electron chi connectivity index (χ4n) is 1.59. The van der Waals surface area contributed by atoms with Crippen LogP contribution in [0, 0.1) is 0 Å². The van der Waals surface area contributed by atoms with Crippen molar-refractivity contribution in [3.63, 3.8) is 0 Å². The van der Waals surface area contributed by atoms with Crippen LogP contribution in [0.25, 0.3) is 0 Å². The van der Waals surface area contributed by atoms with E-state index >= 15 is 0 Å². The molecule has 1 aromatic rings. The van der Waals surface area contributed by atoms with Gasteiger partial charge in [-0.15, -0.1) is 0 Å². The Hall–Kier alpha value is -1.68. The van der Waals surface area contributed by atoms with Gasteiger partial charge in [0.25, 0.3) is 0 Å². The zero-order valence-corrected chi connectivity index (χ0v) is 12.7. The number of carbonyl (C=O) groups is 1. The summed E-state index contributed by atoms with van der Waals surface area (Å²) < 4.78 is 65.7. The Morgan fingerprint density at radius 2 is 2.05 bits per heavy atom. The number of pyridine rings is 1. The van der Waals surface area contributed by atoms with Crippen LogP contribution in [0.15, 0.2) is 23.4 Å². The van der Waals surface area contributed by atoms with Crippen molar-refractivity contribution in [1.82, 2.24) is 10.3 Å². The molecule has 0 aromatic carbocycles. The first-order valence-corrected chi connectivity index (χ1v) is 7.76. The minimum Gasteiger partial charge on any atom is -0.383 e. The first kappa shape index (κ1) is 18.4. The van der Waals surface area contributed by atoms with Crippen molar-refractivity contribution in [2.75, 3.05) is 19.5 Å². The molecule has 0 radical (unpaired) electrons. The lowest BCUT2D eigenvalue weighted by Gasteiger charge is -2.12. The fourth-order valence-corrected chi connectivity index (χ4v) is 2.65. The van der Waals surface area contributed by atoms with E-state index in [1.807, 2.05) is 0 Å². The van der Waals surface area contributed by atoms with E-state index in [-0.39, 0.29) is 6.61 Å². The van der Waals surface area contributed by atoms with E-state index in [2.05, 4.69) is 10.3 Å². The summed E-state index contributed by atoms with van der Waals surface area (Å²) >= 11 is 0. The van der Waals surface area contributed by atoms with Crippen LogP contribution in [0.4, 0.5) is 13.2 Å². The van der Waals surface area contributed by atoms with Crippen LogP contribution < -0.4 is 5.32 Å². The predicted molar refractivity (Wildman–Crippen MR) is 70.8 cm³/mol. The monoisotopic (exact) mass is 340 g/mol. The van der Waals surface area contributed by atoms with E-state index in [9.17, 15) is 26.4 Å². The number of aromatic nitrogens is 1. The Labute approximate surface area is 125 Å². The zero-order chi connectivity index (χ0) is 17.0. The van der Waals surface area contributed by atoms with Gasteiger partial charge in [0.05, 0.1) is 12.2 Å². The van der Waals surface area contributed by atoms with Gasteiger partial charge in [-0.2, -0.15) is 13.2 Å². The lowest BCUT2D eigenvalue weighted by Crippen LogP contribution is -2.39. The molecule has 0 unspecified atom stereocenters. The molecule has 1 atom stereocenters. The molecule has 0 fully saturated rings. The predicted octanol–water partition coefficient (Wildman–Crippen LogP) is 1.03. The third kappa shape index (κ3) is 5.26. The quantitative estimate of drug-likeness (QED) is 0.836. The van der Waals surface area contributed by atoms with E-state index in [1.54, 1.807) is 6.92 Å². The van der Waals surface area contributed by atoms with Crippen LogP contribution in [0.1, 0.15) is 12.5 Å². The lowest BCUT2D eigenvalue weighted by atomic mass is 10.3. The first-order chi connectivity index (χ1) is 10.1. The van der Waals surface area contributed by atoms with Gasteiger partial charge in [0.1, 0.15) is 5.75 Å². The molecule has 1 amide bonds. The molecule has 124 valence electrons. The second kappa shape index (κ2) is 7.05. The number of hydrogen-bond acceptors (Lipinski definition) is 5. The highest BCUT2D eigenvalue weighted by Gasteiger charge is 2.31. The van der Waals surface area contributed by atoms with Gasteiger partial charge < -0.3 is 10.1 Å². The second-order valence-electron chi connectivity index (χ2n) is 4.57. The van der Waals surface area contributed by atoms with Crippen LogP contribution >= 0.6 is 0 Å². The van der Waals surface area contributed by atoms with Gasteiger partial charge in [-0.3, -0.25) is 4.79 Å². The first-order valence-electron chi connectivity index (χ1n) is 6.10. The molecule has 6 nitrogen and oxygen atoms in total. The van der Waals surface area contributed by atoms with E-state index in [4.69, 9.17) is 4.74 Å². The molecule has 22 heavy (non-hydrogen) atoms. The summed E-state index contributed by atoms with van der Waals surface area (Å²) in [6.45, 7) is 1.81. The van der Waals surface area contributed by atoms with E-state index < -0.39 is 44.3 Å². The summed E-state index contributed by atoms with van der Waals surface area (Å²) in [5.41, 5.74) is -1.07. The lowest BCUT2D eigenvalue weighted by molar-refractivity contribution is -0.137. The van der Waals surface area contributed by atoms with Gasteiger partial charge >= 0.3 is 6.18 Å². The number of alkyl halides is 3. The summed E-state index contributed by atoms with van der Waals surface area (Å²) in [4.78, 5) is 14.9. The molecule has 0 aliphatic rings. The van der Waals surface area contributed by atoms with E-state index in [0.717, 1.165) is 6.07 Å². The minimum atomic E-state index is -4.61. The number of sulfone groups is 1. The molecule has 0 saturated carbocycles. The maximum Gasteiger partial charge on any atom is 0.417 e. The summed E-state index contributed by atoms with van der Waals surface area (Å²) in [5, 5.41) is 1.80. The number of hydrogen-bond donors (Lipinski definition) is 1. The third-order valence-corrected chi connectivity index (χ3v) is 4.05. The van der Waals surface area contributed by atoms with Crippen LogP contribution in [-0.2, 0) is 25.5 Å². The molecule has 0 aliphatic carbocycles. The average molecular weight is 340 g/mol. The highest BCUT2D eigenvalue weighted by molar-refractivity contribution is 7.92. The largest absolute Gasteiger partial charge is 0.417 e. The summed E-state index contributed by atoms with van der Waals surface area (Å²) in [6.07, 6.45) is -4.19. The molecule has 0 aliphatic heterocycles. The Kier molecular flexibility index (Phi) is 5.89. The minimum absolute atomic E-state index is 0.199. The second-order valence-corrected chi connectivity index (χ2v) is 6.50.